The molecule has 1 heterocycles. The Labute approximate surface area is 103 Å². The van der Waals surface area contributed by atoms with Crippen LogP contribution in [0.4, 0.5) is 0 Å². The number of aryl methyl sites for hydroxylation is 1. The first-order valence-electron chi connectivity index (χ1n) is 6.44. The van der Waals surface area contributed by atoms with Crippen molar-refractivity contribution in [1.29, 1.82) is 0 Å². The Bertz CT molecular complexity index is 355. The van der Waals surface area contributed by atoms with E-state index in [0.717, 1.165) is 12.8 Å². The molecule has 0 amide bonds. The highest BCUT2D eigenvalue weighted by molar-refractivity contribution is 5.13. The van der Waals surface area contributed by atoms with Crippen LogP contribution in [0.2, 0.25) is 0 Å². The van der Waals surface area contributed by atoms with Gasteiger partial charge in [0.1, 0.15) is 0 Å². The van der Waals surface area contributed by atoms with Crippen LogP contribution in [0, 0.1) is 0 Å². The molecule has 1 unspecified atom stereocenters. The van der Waals surface area contributed by atoms with Crippen molar-refractivity contribution in [3.05, 3.63) is 18.0 Å². The lowest BCUT2D eigenvalue weighted by Gasteiger charge is -2.42. The number of rotatable bonds is 4. The first-order valence-corrected chi connectivity index (χ1v) is 6.44. The molecule has 4 nitrogen and oxygen atoms in total. The van der Waals surface area contributed by atoms with Gasteiger partial charge >= 0.3 is 0 Å². The van der Waals surface area contributed by atoms with E-state index >= 15 is 0 Å². The molecule has 1 aromatic rings. The highest BCUT2D eigenvalue weighted by atomic mass is 16.5. The van der Waals surface area contributed by atoms with Gasteiger partial charge in [0, 0.05) is 20.4 Å². The Morgan fingerprint density at radius 3 is 2.59 bits per heavy atom. The number of aromatic nitrogens is 2. The van der Waals surface area contributed by atoms with Crippen molar-refractivity contribution in [2.45, 2.75) is 43.7 Å². The maximum absolute atomic E-state index is 5.91. The number of nitrogens with one attached hydrogen (secondary N) is 1. The van der Waals surface area contributed by atoms with Crippen molar-refractivity contribution in [2.24, 2.45) is 7.05 Å². The maximum Gasteiger partial charge on any atom is 0.0887 e. The molecule has 1 atom stereocenters. The largest absolute Gasteiger partial charge is 0.376 e. The molecule has 0 aliphatic heterocycles. The van der Waals surface area contributed by atoms with Crippen molar-refractivity contribution in [2.75, 3.05) is 14.2 Å². The van der Waals surface area contributed by atoms with E-state index in [2.05, 4.69) is 16.5 Å². The summed E-state index contributed by atoms with van der Waals surface area (Å²) in [7, 11) is 5.84. The molecule has 0 radical (unpaired) electrons. The number of hydrogen-bond donors (Lipinski definition) is 1. The second-order valence-corrected chi connectivity index (χ2v) is 4.93. The Morgan fingerprint density at radius 2 is 2.12 bits per heavy atom. The van der Waals surface area contributed by atoms with E-state index in [1.165, 1.54) is 25.0 Å². The summed E-state index contributed by atoms with van der Waals surface area (Å²) >= 11 is 0. The predicted octanol–water partition coefficient (Wildman–Crippen LogP) is 2.03. The highest BCUT2D eigenvalue weighted by Gasteiger charge is 2.41. The molecule has 1 saturated carbocycles. The van der Waals surface area contributed by atoms with Crippen LogP contribution >= 0.6 is 0 Å². The van der Waals surface area contributed by atoms with E-state index in [1.807, 2.05) is 32.1 Å². The van der Waals surface area contributed by atoms with Crippen molar-refractivity contribution in [3.8, 4) is 0 Å². The Morgan fingerprint density at radius 1 is 1.41 bits per heavy atom. The summed E-state index contributed by atoms with van der Waals surface area (Å²) in [6.07, 6.45) is 7.94. The minimum Gasteiger partial charge on any atom is -0.376 e. The first kappa shape index (κ1) is 12.6. The molecule has 1 aromatic heterocycles. The molecule has 4 heteroatoms. The lowest BCUT2D eigenvalue weighted by atomic mass is 9.78. The zero-order valence-corrected chi connectivity index (χ0v) is 11.1. The average molecular weight is 237 g/mol. The van der Waals surface area contributed by atoms with Crippen LogP contribution in [0.25, 0.3) is 0 Å². The number of likely N-dealkylation sites (N-methyl/N-ethyl adjacent to an activating group) is 1. The van der Waals surface area contributed by atoms with Gasteiger partial charge in [-0.1, -0.05) is 19.3 Å². The highest BCUT2D eigenvalue weighted by Crippen LogP contribution is 2.40. The third-order valence-electron chi connectivity index (χ3n) is 4.08. The Hall–Kier alpha value is -0.870. The van der Waals surface area contributed by atoms with E-state index in [0.29, 0.717) is 0 Å². The zero-order valence-electron chi connectivity index (χ0n) is 11.1. The van der Waals surface area contributed by atoms with Gasteiger partial charge in [0.25, 0.3) is 0 Å². The lowest BCUT2D eigenvalue weighted by molar-refractivity contribution is -0.0688. The summed E-state index contributed by atoms with van der Waals surface area (Å²) in [6, 6.07) is 2.30. The van der Waals surface area contributed by atoms with Gasteiger partial charge < -0.3 is 10.1 Å². The number of methoxy groups -OCH3 is 1. The molecular formula is C13H23N3O. The van der Waals surface area contributed by atoms with Gasteiger partial charge in [0.2, 0.25) is 0 Å². The van der Waals surface area contributed by atoms with Gasteiger partial charge in [-0.2, -0.15) is 5.10 Å². The van der Waals surface area contributed by atoms with Gasteiger partial charge in [-0.3, -0.25) is 4.68 Å². The van der Waals surface area contributed by atoms with E-state index < -0.39 is 0 Å². The van der Waals surface area contributed by atoms with Crippen molar-refractivity contribution >= 4 is 0 Å². The topological polar surface area (TPSA) is 39.1 Å². The van der Waals surface area contributed by atoms with Crippen LogP contribution < -0.4 is 5.32 Å². The molecule has 96 valence electrons. The normalized spacial score (nSPS) is 21.4. The summed E-state index contributed by atoms with van der Waals surface area (Å²) in [4.78, 5) is 0. The predicted molar refractivity (Wildman–Crippen MR) is 67.8 cm³/mol. The Kier molecular flexibility index (Phi) is 3.84. The molecule has 2 rings (SSSR count). The van der Waals surface area contributed by atoms with Gasteiger partial charge in [-0.15, -0.1) is 0 Å². The third kappa shape index (κ3) is 2.24. The molecule has 1 fully saturated rings. The minimum atomic E-state index is -0.0687. The molecule has 0 saturated heterocycles. The fourth-order valence-electron chi connectivity index (χ4n) is 3.11. The molecule has 0 spiro atoms. The molecule has 17 heavy (non-hydrogen) atoms. The van der Waals surface area contributed by atoms with Crippen LogP contribution in [-0.2, 0) is 11.8 Å². The van der Waals surface area contributed by atoms with Crippen LogP contribution in [0.15, 0.2) is 12.3 Å². The molecule has 0 aromatic carbocycles. The molecule has 1 aliphatic carbocycles. The fraction of sp³-hybridized carbons (Fsp3) is 0.769. The standard InChI is InChI=1S/C13H23N3O/c1-14-12(11-7-10-15-16(11)2)13(17-3)8-5-4-6-9-13/h7,10,12,14H,4-6,8-9H2,1-3H3. The van der Waals surface area contributed by atoms with Gasteiger partial charge in [0.15, 0.2) is 0 Å². The van der Waals surface area contributed by atoms with E-state index in [1.54, 1.807) is 0 Å². The first-order chi connectivity index (χ1) is 8.23. The molecule has 0 bridgehead atoms. The second-order valence-electron chi connectivity index (χ2n) is 4.93. The monoisotopic (exact) mass is 237 g/mol. The molecular weight excluding hydrogens is 214 g/mol. The fourth-order valence-corrected chi connectivity index (χ4v) is 3.11. The smallest absolute Gasteiger partial charge is 0.0887 e. The summed E-state index contributed by atoms with van der Waals surface area (Å²) in [5.41, 5.74) is 1.14. The lowest BCUT2D eigenvalue weighted by Crippen LogP contribution is -2.46. The van der Waals surface area contributed by atoms with Crippen LogP contribution in [0.3, 0.4) is 0 Å². The SMILES string of the molecule is CNC(c1ccnn1C)C1(OC)CCCCC1. The quantitative estimate of drug-likeness (QED) is 0.871. The van der Waals surface area contributed by atoms with E-state index in [-0.39, 0.29) is 11.6 Å². The van der Waals surface area contributed by atoms with Gasteiger partial charge in [-0.25, -0.2) is 0 Å². The zero-order chi connectivity index (χ0) is 12.3. The van der Waals surface area contributed by atoms with Crippen molar-refractivity contribution < 1.29 is 4.74 Å². The van der Waals surface area contributed by atoms with E-state index in [9.17, 15) is 0 Å². The second kappa shape index (κ2) is 5.19. The van der Waals surface area contributed by atoms with Gasteiger partial charge in [0.05, 0.1) is 17.3 Å². The summed E-state index contributed by atoms with van der Waals surface area (Å²) in [5, 5.41) is 7.69. The van der Waals surface area contributed by atoms with Gasteiger partial charge in [-0.05, 0) is 26.0 Å². The average Bonchev–Trinajstić information content (AvgIpc) is 2.78. The van der Waals surface area contributed by atoms with Crippen molar-refractivity contribution in [3.63, 3.8) is 0 Å². The third-order valence-corrected chi connectivity index (χ3v) is 4.08. The van der Waals surface area contributed by atoms with Crippen molar-refractivity contribution in [1.82, 2.24) is 15.1 Å². The molecule has 1 N–H and O–H groups in total. The van der Waals surface area contributed by atoms with Crippen LogP contribution in [0.5, 0.6) is 0 Å². The van der Waals surface area contributed by atoms with E-state index in [4.69, 9.17) is 4.74 Å². The number of hydrogen-bond acceptors (Lipinski definition) is 3. The summed E-state index contributed by atoms with van der Waals surface area (Å²) < 4.78 is 7.85. The summed E-state index contributed by atoms with van der Waals surface area (Å²) in [6.45, 7) is 0. The summed E-state index contributed by atoms with van der Waals surface area (Å²) in [5.74, 6) is 0. The maximum atomic E-state index is 5.91. The minimum absolute atomic E-state index is 0.0687. The Balaban J connectivity index is 2.29. The van der Waals surface area contributed by atoms with Crippen LogP contribution in [0.1, 0.15) is 43.8 Å². The number of nitrogens with zero attached hydrogens (tertiary/aromatic N) is 2. The number of ether oxygens (including phenoxy) is 1. The molecule has 1 aliphatic rings. The van der Waals surface area contributed by atoms with Crippen LogP contribution in [-0.4, -0.2) is 29.5 Å².